The summed E-state index contributed by atoms with van der Waals surface area (Å²) in [5.74, 6) is 0.960. The number of imidazole rings is 2. The van der Waals surface area contributed by atoms with Gasteiger partial charge >= 0.3 is 0 Å². The lowest BCUT2D eigenvalue weighted by molar-refractivity contribution is 0.670. The van der Waals surface area contributed by atoms with Crippen LogP contribution in [0.2, 0.25) is 0 Å². The lowest BCUT2D eigenvalue weighted by atomic mass is 10.0. The molecule has 35 heavy (non-hydrogen) atoms. The van der Waals surface area contributed by atoms with Crippen LogP contribution in [0.15, 0.2) is 108 Å². The normalized spacial score (nSPS) is 14.1. The van der Waals surface area contributed by atoms with Crippen LogP contribution in [0.3, 0.4) is 0 Å². The van der Waals surface area contributed by atoms with Crippen LogP contribution in [-0.4, -0.2) is 14.0 Å². The Balaban J connectivity index is 1.46. The van der Waals surface area contributed by atoms with E-state index in [-0.39, 0.29) is 0 Å². The summed E-state index contributed by atoms with van der Waals surface area (Å²) in [6.07, 6.45) is 8.63. The monoisotopic (exact) mass is 451 g/mol. The predicted octanol–water partition coefficient (Wildman–Crippen LogP) is 8.20. The molecule has 0 saturated carbocycles. The highest BCUT2D eigenvalue weighted by Gasteiger charge is 2.20. The zero-order valence-corrected chi connectivity index (χ0v) is 19.0. The maximum absolute atomic E-state index is 6.35. The van der Waals surface area contributed by atoms with E-state index in [1.54, 1.807) is 0 Å². The Labute approximate surface area is 201 Å². The Kier molecular flexibility index (Phi) is 3.74. The van der Waals surface area contributed by atoms with Gasteiger partial charge in [0.05, 0.1) is 22.1 Å². The number of para-hydroxylation sites is 4. The van der Waals surface area contributed by atoms with Gasteiger partial charge in [-0.25, -0.2) is 4.98 Å². The first-order chi connectivity index (χ1) is 17.4. The van der Waals surface area contributed by atoms with Crippen molar-refractivity contribution >= 4 is 55.5 Å². The number of aromatic nitrogens is 3. The fourth-order valence-electron chi connectivity index (χ4n) is 5.60. The summed E-state index contributed by atoms with van der Waals surface area (Å²) in [5, 5.41) is 2.30. The molecule has 4 nitrogen and oxygen atoms in total. The molecular formula is C31H21N3O. The number of fused-ring (bicyclic) bond motifs is 8. The van der Waals surface area contributed by atoms with Crippen LogP contribution in [0.25, 0.3) is 66.6 Å². The molecule has 0 saturated heterocycles. The van der Waals surface area contributed by atoms with E-state index in [1.165, 1.54) is 11.2 Å². The van der Waals surface area contributed by atoms with Crippen molar-refractivity contribution in [3.63, 3.8) is 0 Å². The summed E-state index contributed by atoms with van der Waals surface area (Å²) in [5.41, 5.74) is 9.81. The van der Waals surface area contributed by atoms with Gasteiger partial charge in [-0.15, -0.1) is 0 Å². The van der Waals surface area contributed by atoms with Gasteiger partial charge in [0.15, 0.2) is 0 Å². The first kappa shape index (κ1) is 18.8. The number of rotatable bonds is 2. The van der Waals surface area contributed by atoms with E-state index in [0.29, 0.717) is 0 Å². The van der Waals surface area contributed by atoms with Crippen molar-refractivity contribution in [2.24, 2.45) is 0 Å². The number of benzene rings is 4. The largest absolute Gasteiger partial charge is 0.455 e. The molecule has 0 aliphatic heterocycles. The molecule has 166 valence electrons. The molecule has 3 aromatic heterocycles. The second-order valence-electron chi connectivity index (χ2n) is 9.18. The first-order valence-electron chi connectivity index (χ1n) is 12.1. The van der Waals surface area contributed by atoms with Gasteiger partial charge < -0.3 is 4.42 Å². The van der Waals surface area contributed by atoms with Crippen molar-refractivity contribution < 1.29 is 4.42 Å². The van der Waals surface area contributed by atoms with Gasteiger partial charge in [-0.3, -0.25) is 8.97 Å². The SMILES string of the molecule is C1=CCCC(n2c3ccc(-c4cccc5c4oc4ccccc45)cc3n3c4ccccc4nc23)=C1. The zero-order chi connectivity index (χ0) is 22.9. The number of furan rings is 1. The molecule has 1 aliphatic rings. The standard InChI is InChI=1S/C31H21N3O/c1-2-9-21(10-3-1)33-27-18-17-20(19-28(27)34-26-15-6-5-14-25(26)32-31(33)34)22-12-8-13-24-23-11-4-7-16-29(23)35-30(22)24/h1-2,4-9,11-19H,3,10H2. The van der Waals surface area contributed by atoms with Gasteiger partial charge in [0, 0.05) is 22.0 Å². The Bertz CT molecular complexity index is 2010. The molecule has 0 bridgehead atoms. The highest BCUT2D eigenvalue weighted by molar-refractivity contribution is 6.10. The summed E-state index contributed by atoms with van der Waals surface area (Å²) in [4.78, 5) is 5.05. The lowest BCUT2D eigenvalue weighted by Gasteiger charge is -2.12. The topological polar surface area (TPSA) is 35.4 Å². The van der Waals surface area contributed by atoms with Crippen LogP contribution in [-0.2, 0) is 0 Å². The molecule has 0 atom stereocenters. The molecular weight excluding hydrogens is 430 g/mol. The molecule has 0 N–H and O–H groups in total. The third kappa shape index (κ3) is 2.59. The van der Waals surface area contributed by atoms with Gasteiger partial charge in [0.2, 0.25) is 5.78 Å². The molecule has 7 aromatic rings. The Morgan fingerprint density at radius 3 is 2.60 bits per heavy atom. The molecule has 4 aromatic carbocycles. The highest BCUT2D eigenvalue weighted by Crippen LogP contribution is 2.38. The number of allylic oxidation sites excluding steroid dienone is 4. The molecule has 0 spiro atoms. The molecule has 0 unspecified atom stereocenters. The summed E-state index contributed by atoms with van der Waals surface area (Å²) >= 11 is 0. The smallest absolute Gasteiger partial charge is 0.220 e. The Morgan fingerprint density at radius 2 is 1.66 bits per heavy atom. The third-order valence-electron chi connectivity index (χ3n) is 7.19. The van der Waals surface area contributed by atoms with E-state index < -0.39 is 0 Å². The molecule has 0 fully saturated rings. The average molecular weight is 452 g/mol. The van der Waals surface area contributed by atoms with Gasteiger partial charge in [0.1, 0.15) is 11.2 Å². The van der Waals surface area contributed by atoms with Gasteiger partial charge in [-0.1, -0.05) is 66.7 Å². The van der Waals surface area contributed by atoms with E-state index in [4.69, 9.17) is 9.40 Å². The van der Waals surface area contributed by atoms with Crippen molar-refractivity contribution in [2.75, 3.05) is 0 Å². The van der Waals surface area contributed by atoms with Gasteiger partial charge in [-0.05, 0) is 54.8 Å². The number of nitrogens with zero attached hydrogens (tertiary/aromatic N) is 3. The minimum absolute atomic E-state index is 0.919. The molecule has 0 radical (unpaired) electrons. The second-order valence-corrected chi connectivity index (χ2v) is 9.18. The summed E-state index contributed by atoms with van der Waals surface area (Å²) in [6.45, 7) is 0. The third-order valence-corrected chi connectivity index (χ3v) is 7.19. The number of hydrogen-bond acceptors (Lipinski definition) is 2. The van der Waals surface area contributed by atoms with Crippen molar-refractivity contribution in [1.82, 2.24) is 14.0 Å². The average Bonchev–Trinajstić information content (AvgIpc) is 3.57. The van der Waals surface area contributed by atoms with Crippen LogP contribution < -0.4 is 0 Å². The maximum atomic E-state index is 6.35. The molecule has 3 heterocycles. The molecule has 0 amide bonds. The quantitative estimate of drug-likeness (QED) is 0.265. The fraction of sp³-hybridized carbons (Fsp3) is 0.0645. The van der Waals surface area contributed by atoms with Gasteiger partial charge in [-0.2, -0.15) is 0 Å². The number of hydrogen-bond donors (Lipinski definition) is 0. The van der Waals surface area contributed by atoms with Crippen molar-refractivity contribution in [2.45, 2.75) is 12.8 Å². The van der Waals surface area contributed by atoms with E-state index in [1.807, 2.05) is 12.1 Å². The van der Waals surface area contributed by atoms with E-state index in [2.05, 4.69) is 100.0 Å². The van der Waals surface area contributed by atoms with Crippen LogP contribution in [0, 0.1) is 0 Å². The van der Waals surface area contributed by atoms with Gasteiger partial charge in [0.25, 0.3) is 0 Å². The van der Waals surface area contributed by atoms with E-state index >= 15 is 0 Å². The van der Waals surface area contributed by atoms with E-state index in [0.717, 1.165) is 68.2 Å². The Hall–Kier alpha value is -4.57. The molecule has 4 heteroatoms. The second kappa shape index (κ2) is 6.97. The summed E-state index contributed by atoms with van der Waals surface area (Å²) in [6, 6.07) is 29.8. The van der Waals surface area contributed by atoms with Crippen molar-refractivity contribution in [3.05, 3.63) is 103 Å². The Morgan fingerprint density at radius 1 is 0.771 bits per heavy atom. The van der Waals surface area contributed by atoms with Crippen molar-refractivity contribution in [3.8, 4) is 11.1 Å². The van der Waals surface area contributed by atoms with E-state index in [9.17, 15) is 0 Å². The first-order valence-corrected chi connectivity index (χ1v) is 12.1. The van der Waals surface area contributed by atoms with Crippen LogP contribution in [0.5, 0.6) is 0 Å². The summed E-state index contributed by atoms with van der Waals surface area (Å²) < 4.78 is 11.0. The van der Waals surface area contributed by atoms with Crippen LogP contribution in [0.4, 0.5) is 0 Å². The minimum atomic E-state index is 0.919. The van der Waals surface area contributed by atoms with Crippen LogP contribution in [0.1, 0.15) is 12.8 Å². The maximum Gasteiger partial charge on any atom is 0.220 e. The predicted molar refractivity (Wildman–Crippen MR) is 144 cm³/mol. The van der Waals surface area contributed by atoms with Crippen LogP contribution >= 0.6 is 0 Å². The lowest BCUT2D eigenvalue weighted by Crippen LogP contribution is -1.99. The fourth-order valence-corrected chi connectivity index (χ4v) is 5.60. The minimum Gasteiger partial charge on any atom is -0.455 e. The van der Waals surface area contributed by atoms with Crippen molar-refractivity contribution in [1.29, 1.82) is 0 Å². The molecule has 8 rings (SSSR count). The molecule has 1 aliphatic carbocycles. The zero-order valence-electron chi connectivity index (χ0n) is 19.0. The highest BCUT2D eigenvalue weighted by atomic mass is 16.3. The summed E-state index contributed by atoms with van der Waals surface area (Å²) in [7, 11) is 0.